The molecule has 166 valence electrons. The standard InChI is InChI=1S/C26H22N2O4S/c1-3-31-19-12-8-14-22-23(19)27-26(33-22)28(16-17-9-5-4-6-10-17)25(29)21-15-18-11-7-13-20(30-2)24(18)32-21/h4-15H,3,16H2,1-2H3. The first-order valence-electron chi connectivity index (χ1n) is 10.6. The second kappa shape index (κ2) is 8.96. The quantitative estimate of drug-likeness (QED) is 0.286. The van der Waals surface area contributed by atoms with Crippen LogP contribution >= 0.6 is 11.3 Å². The van der Waals surface area contributed by atoms with Crippen molar-refractivity contribution in [3.63, 3.8) is 0 Å². The normalized spacial score (nSPS) is 11.1. The average Bonchev–Trinajstić information content (AvgIpc) is 3.48. The molecule has 6 nitrogen and oxygen atoms in total. The fourth-order valence-corrected chi connectivity index (χ4v) is 4.71. The van der Waals surface area contributed by atoms with Gasteiger partial charge in [-0.2, -0.15) is 0 Å². The van der Waals surface area contributed by atoms with Crippen molar-refractivity contribution in [3.8, 4) is 11.5 Å². The molecular weight excluding hydrogens is 436 g/mol. The summed E-state index contributed by atoms with van der Waals surface area (Å²) in [7, 11) is 1.58. The minimum absolute atomic E-state index is 0.231. The molecule has 0 N–H and O–H groups in total. The third kappa shape index (κ3) is 4.03. The van der Waals surface area contributed by atoms with Gasteiger partial charge in [-0.25, -0.2) is 4.98 Å². The molecule has 2 aromatic heterocycles. The second-order valence-electron chi connectivity index (χ2n) is 7.40. The van der Waals surface area contributed by atoms with E-state index in [9.17, 15) is 4.79 Å². The van der Waals surface area contributed by atoms with Crippen LogP contribution in [-0.2, 0) is 6.54 Å². The third-order valence-corrected chi connectivity index (χ3v) is 6.31. The van der Waals surface area contributed by atoms with Gasteiger partial charge in [0.2, 0.25) is 0 Å². The maximum atomic E-state index is 13.7. The Labute approximate surface area is 195 Å². The summed E-state index contributed by atoms with van der Waals surface area (Å²) in [4.78, 5) is 20.2. The summed E-state index contributed by atoms with van der Waals surface area (Å²) in [5, 5.41) is 1.39. The van der Waals surface area contributed by atoms with E-state index in [2.05, 4.69) is 0 Å². The van der Waals surface area contributed by atoms with Crippen molar-refractivity contribution in [1.82, 2.24) is 4.98 Å². The molecule has 5 rings (SSSR count). The number of methoxy groups -OCH3 is 1. The molecule has 0 aliphatic rings. The number of amides is 1. The highest BCUT2D eigenvalue weighted by Gasteiger charge is 2.26. The first-order valence-corrected chi connectivity index (χ1v) is 11.4. The number of thiazole rings is 1. The van der Waals surface area contributed by atoms with Gasteiger partial charge in [-0.05, 0) is 36.8 Å². The van der Waals surface area contributed by atoms with Crippen LogP contribution in [0.5, 0.6) is 11.5 Å². The molecule has 0 atom stereocenters. The lowest BCUT2D eigenvalue weighted by Crippen LogP contribution is -2.30. The topological polar surface area (TPSA) is 64.8 Å². The summed E-state index contributed by atoms with van der Waals surface area (Å²) in [6.45, 7) is 2.84. The van der Waals surface area contributed by atoms with Crippen LogP contribution in [0.2, 0.25) is 0 Å². The molecule has 0 radical (unpaired) electrons. The van der Waals surface area contributed by atoms with Crippen molar-refractivity contribution >= 4 is 43.6 Å². The first-order chi connectivity index (χ1) is 16.2. The van der Waals surface area contributed by atoms with Gasteiger partial charge < -0.3 is 13.9 Å². The monoisotopic (exact) mass is 458 g/mol. The van der Waals surface area contributed by atoms with Gasteiger partial charge in [-0.3, -0.25) is 9.69 Å². The molecule has 0 saturated heterocycles. The number of hydrogen-bond donors (Lipinski definition) is 0. The zero-order valence-electron chi connectivity index (χ0n) is 18.3. The summed E-state index contributed by atoms with van der Waals surface area (Å²) in [5.74, 6) is 1.25. The largest absolute Gasteiger partial charge is 0.493 e. The van der Waals surface area contributed by atoms with E-state index in [0.29, 0.717) is 35.4 Å². The number of rotatable bonds is 7. The van der Waals surface area contributed by atoms with E-state index in [0.717, 1.165) is 21.2 Å². The predicted octanol–water partition coefficient (Wildman–Crippen LogP) is 6.30. The van der Waals surface area contributed by atoms with Crippen LogP contribution in [0.4, 0.5) is 5.13 Å². The Morgan fingerprint density at radius 1 is 1.03 bits per heavy atom. The smallest absolute Gasteiger partial charge is 0.296 e. The van der Waals surface area contributed by atoms with Gasteiger partial charge >= 0.3 is 0 Å². The highest BCUT2D eigenvalue weighted by Crippen LogP contribution is 2.36. The van der Waals surface area contributed by atoms with E-state index in [1.807, 2.05) is 73.7 Å². The number of aromatic nitrogens is 1. The van der Waals surface area contributed by atoms with Crippen molar-refractivity contribution in [2.24, 2.45) is 0 Å². The van der Waals surface area contributed by atoms with Crippen molar-refractivity contribution in [2.75, 3.05) is 18.6 Å². The second-order valence-corrected chi connectivity index (χ2v) is 8.41. The van der Waals surface area contributed by atoms with Crippen LogP contribution in [0.1, 0.15) is 23.0 Å². The SMILES string of the molecule is CCOc1cccc2sc(N(Cc3ccccc3)C(=O)c3cc4cccc(OC)c4o3)nc12. The van der Waals surface area contributed by atoms with E-state index < -0.39 is 0 Å². The number of para-hydroxylation sites is 2. The molecule has 0 unspecified atom stereocenters. The minimum atomic E-state index is -0.269. The average molecular weight is 459 g/mol. The Bertz CT molecular complexity index is 1420. The maximum Gasteiger partial charge on any atom is 0.296 e. The Hall–Kier alpha value is -3.84. The van der Waals surface area contributed by atoms with Crippen LogP contribution < -0.4 is 14.4 Å². The zero-order valence-corrected chi connectivity index (χ0v) is 19.1. The zero-order chi connectivity index (χ0) is 22.8. The van der Waals surface area contributed by atoms with E-state index in [1.165, 1.54) is 11.3 Å². The number of ether oxygens (including phenoxy) is 2. The lowest BCUT2D eigenvalue weighted by atomic mass is 10.2. The molecule has 0 saturated carbocycles. The summed E-state index contributed by atoms with van der Waals surface area (Å²) < 4.78 is 18.1. The number of nitrogens with zero attached hydrogens (tertiary/aromatic N) is 2. The number of fused-ring (bicyclic) bond motifs is 2. The van der Waals surface area contributed by atoms with Gasteiger partial charge in [0.25, 0.3) is 5.91 Å². The van der Waals surface area contributed by atoms with Crippen molar-refractivity contribution in [1.29, 1.82) is 0 Å². The van der Waals surface area contributed by atoms with Gasteiger partial charge in [0, 0.05) is 5.39 Å². The van der Waals surface area contributed by atoms with Crippen LogP contribution in [0.3, 0.4) is 0 Å². The highest BCUT2D eigenvalue weighted by atomic mass is 32.1. The molecule has 0 fully saturated rings. The molecule has 1 amide bonds. The van der Waals surface area contributed by atoms with Gasteiger partial charge in [0.1, 0.15) is 11.3 Å². The molecule has 33 heavy (non-hydrogen) atoms. The van der Waals surface area contributed by atoms with Gasteiger partial charge in [0.05, 0.1) is 25.0 Å². The number of carbonyl (C=O) groups excluding carboxylic acids is 1. The lowest BCUT2D eigenvalue weighted by molar-refractivity contribution is 0.0960. The van der Waals surface area contributed by atoms with Crippen LogP contribution in [0.15, 0.2) is 77.2 Å². The Morgan fingerprint density at radius 2 is 1.82 bits per heavy atom. The third-order valence-electron chi connectivity index (χ3n) is 5.27. The fourth-order valence-electron chi connectivity index (χ4n) is 3.73. The molecule has 0 spiro atoms. The van der Waals surface area contributed by atoms with E-state index in [1.54, 1.807) is 18.1 Å². The summed E-state index contributed by atoms with van der Waals surface area (Å²) in [5.41, 5.74) is 2.28. The fraction of sp³-hybridized carbons (Fsp3) is 0.154. The number of furan rings is 1. The Kier molecular flexibility index (Phi) is 5.71. The van der Waals surface area contributed by atoms with Gasteiger partial charge in [0.15, 0.2) is 22.2 Å². The Balaban J connectivity index is 1.60. The van der Waals surface area contributed by atoms with Crippen molar-refractivity contribution in [3.05, 3.63) is 84.1 Å². The summed E-state index contributed by atoms with van der Waals surface area (Å²) >= 11 is 1.45. The van der Waals surface area contributed by atoms with Crippen molar-refractivity contribution < 1.29 is 18.7 Å². The van der Waals surface area contributed by atoms with Gasteiger partial charge in [-0.1, -0.05) is 59.9 Å². The summed E-state index contributed by atoms with van der Waals surface area (Å²) in [6.07, 6.45) is 0. The van der Waals surface area contributed by atoms with Crippen LogP contribution in [0.25, 0.3) is 21.2 Å². The number of anilines is 1. The lowest BCUT2D eigenvalue weighted by Gasteiger charge is -2.18. The highest BCUT2D eigenvalue weighted by molar-refractivity contribution is 7.22. The van der Waals surface area contributed by atoms with Crippen LogP contribution in [0, 0.1) is 0 Å². The molecule has 2 heterocycles. The van der Waals surface area contributed by atoms with E-state index in [-0.39, 0.29) is 11.7 Å². The van der Waals surface area contributed by atoms with E-state index in [4.69, 9.17) is 18.9 Å². The van der Waals surface area contributed by atoms with Gasteiger partial charge in [-0.15, -0.1) is 0 Å². The summed E-state index contributed by atoms with van der Waals surface area (Å²) in [6, 6.07) is 23.0. The number of benzene rings is 3. The maximum absolute atomic E-state index is 13.7. The molecular formula is C26H22N2O4S. The predicted molar refractivity (Wildman–Crippen MR) is 131 cm³/mol. The number of carbonyl (C=O) groups is 1. The molecule has 0 aliphatic carbocycles. The minimum Gasteiger partial charge on any atom is -0.493 e. The Morgan fingerprint density at radius 3 is 2.61 bits per heavy atom. The molecule has 5 aromatic rings. The molecule has 3 aromatic carbocycles. The van der Waals surface area contributed by atoms with E-state index >= 15 is 0 Å². The van der Waals surface area contributed by atoms with Crippen LogP contribution in [-0.4, -0.2) is 24.6 Å². The molecule has 0 aliphatic heterocycles. The number of hydrogen-bond acceptors (Lipinski definition) is 6. The molecule has 0 bridgehead atoms. The van der Waals surface area contributed by atoms with Crippen molar-refractivity contribution in [2.45, 2.75) is 13.5 Å². The molecule has 7 heteroatoms. The first kappa shape index (κ1) is 21.0.